The number of rotatable bonds is 5. The van der Waals surface area contributed by atoms with Gasteiger partial charge in [-0.25, -0.2) is 0 Å². The second-order valence-corrected chi connectivity index (χ2v) is 7.03. The van der Waals surface area contributed by atoms with Crippen LogP contribution in [0.2, 0.25) is 0 Å². The van der Waals surface area contributed by atoms with Crippen molar-refractivity contribution in [2.75, 3.05) is 10.6 Å². The molecule has 1 aliphatic rings. The molecule has 0 aromatic heterocycles. The van der Waals surface area contributed by atoms with Gasteiger partial charge in [0.1, 0.15) is 0 Å². The number of ether oxygens (including phenoxy) is 1. The predicted octanol–water partition coefficient (Wildman–Crippen LogP) is 3.06. The van der Waals surface area contributed by atoms with Gasteiger partial charge in [0, 0.05) is 10.6 Å². The van der Waals surface area contributed by atoms with Crippen molar-refractivity contribution >= 4 is 40.9 Å². The molecule has 2 N–H and O–H groups in total. The lowest BCUT2D eigenvalue weighted by atomic mass is 10.2. The molecule has 2 atom stereocenters. The molecule has 0 fully saturated rings. The van der Waals surface area contributed by atoms with Gasteiger partial charge in [-0.2, -0.15) is 0 Å². The molecule has 2 aromatic carbocycles. The molecule has 134 valence electrons. The van der Waals surface area contributed by atoms with Crippen LogP contribution in [-0.2, 0) is 19.1 Å². The third-order valence-electron chi connectivity index (χ3n) is 3.78. The molecule has 0 radical (unpaired) electrons. The molecule has 1 heterocycles. The van der Waals surface area contributed by atoms with E-state index in [1.165, 1.54) is 18.7 Å². The normalized spacial score (nSPS) is 16.8. The highest BCUT2D eigenvalue weighted by atomic mass is 32.2. The Hall–Kier alpha value is -2.80. The first-order valence-corrected chi connectivity index (χ1v) is 9.03. The van der Waals surface area contributed by atoms with Gasteiger partial charge in [0.05, 0.1) is 17.4 Å². The average Bonchev–Trinajstić information content (AvgIpc) is 2.63. The number of hydrogen-bond acceptors (Lipinski definition) is 5. The Balaban J connectivity index is 1.53. The fraction of sp³-hybridized carbons (Fsp3) is 0.211. The fourth-order valence-corrected chi connectivity index (χ4v) is 3.54. The van der Waals surface area contributed by atoms with E-state index in [4.69, 9.17) is 4.74 Å². The van der Waals surface area contributed by atoms with Crippen molar-refractivity contribution in [1.82, 2.24) is 0 Å². The maximum absolute atomic E-state index is 12.1. The molecule has 0 spiro atoms. The van der Waals surface area contributed by atoms with Gasteiger partial charge in [0.25, 0.3) is 5.91 Å². The summed E-state index contributed by atoms with van der Waals surface area (Å²) in [6.45, 7) is 1.50. The van der Waals surface area contributed by atoms with Gasteiger partial charge in [0.2, 0.25) is 5.91 Å². The number of anilines is 2. The number of para-hydroxylation sites is 2. The van der Waals surface area contributed by atoms with Gasteiger partial charge < -0.3 is 15.4 Å². The maximum atomic E-state index is 12.1. The van der Waals surface area contributed by atoms with Crippen molar-refractivity contribution in [2.24, 2.45) is 0 Å². The zero-order valence-corrected chi connectivity index (χ0v) is 14.9. The smallest absolute Gasteiger partial charge is 0.308 e. The van der Waals surface area contributed by atoms with Crippen molar-refractivity contribution in [3.05, 3.63) is 54.6 Å². The first-order valence-electron chi connectivity index (χ1n) is 8.15. The number of fused-ring (bicyclic) bond motifs is 1. The molecular formula is C19H18N2O4S. The van der Waals surface area contributed by atoms with E-state index in [-0.39, 0.29) is 12.3 Å². The molecule has 0 bridgehead atoms. The monoisotopic (exact) mass is 370 g/mol. The van der Waals surface area contributed by atoms with Crippen LogP contribution in [0.4, 0.5) is 11.4 Å². The Labute approximate surface area is 155 Å². The molecule has 2 aromatic rings. The van der Waals surface area contributed by atoms with Crippen molar-refractivity contribution in [3.63, 3.8) is 0 Å². The van der Waals surface area contributed by atoms with Crippen LogP contribution in [0, 0.1) is 0 Å². The summed E-state index contributed by atoms with van der Waals surface area (Å²) in [4.78, 5) is 37.3. The zero-order valence-electron chi connectivity index (χ0n) is 14.1. The van der Waals surface area contributed by atoms with Gasteiger partial charge in [-0.1, -0.05) is 30.3 Å². The first-order chi connectivity index (χ1) is 12.5. The summed E-state index contributed by atoms with van der Waals surface area (Å²) in [7, 11) is 0. The van der Waals surface area contributed by atoms with E-state index in [9.17, 15) is 14.4 Å². The molecule has 6 nitrogen and oxygen atoms in total. The van der Waals surface area contributed by atoms with Gasteiger partial charge in [-0.3, -0.25) is 14.4 Å². The lowest BCUT2D eigenvalue weighted by molar-refractivity contribution is -0.153. The topological polar surface area (TPSA) is 84.5 Å². The molecule has 0 aliphatic carbocycles. The highest BCUT2D eigenvalue weighted by molar-refractivity contribution is 8.01. The van der Waals surface area contributed by atoms with Crippen LogP contribution < -0.4 is 10.6 Å². The molecule has 2 amide bonds. The van der Waals surface area contributed by atoms with Gasteiger partial charge in [-0.05, 0) is 31.2 Å². The van der Waals surface area contributed by atoms with Crippen LogP contribution in [0.25, 0.3) is 0 Å². The summed E-state index contributed by atoms with van der Waals surface area (Å²) in [5.74, 6) is -1.25. The molecular weight excluding hydrogens is 352 g/mol. The summed E-state index contributed by atoms with van der Waals surface area (Å²) in [6.07, 6.45) is -1.06. The van der Waals surface area contributed by atoms with Crippen LogP contribution in [-0.4, -0.2) is 29.1 Å². The van der Waals surface area contributed by atoms with Crippen molar-refractivity contribution in [3.8, 4) is 0 Å². The summed E-state index contributed by atoms with van der Waals surface area (Å²) < 4.78 is 5.18. The molecule has 3 rings (SSSR count). The molecule has 0 unspecified atom stereocenters. The van der Waals surface area contributed by atoms with Crippen LogP contribution >= 0.6 is 11.8 Å². The van der Waals surface area contributed by atoms with E-state index in [2.05, 4.69) is 10.6 Å². The number of benzene rings is 2. The van der Waals surface area contributed by atoms with E-state index < -0.39 is 23.2 Å². The van der Waals surface area contributed by atoms with E-state index in [0.29, 0.717) is 5.69 Å². The number of nitrogens with one attached hydrogen (secondary N) is 2. The van der Waals surface area contributed by atoms with Crippen LogP contribution in [0.5, 0.6) is 0 Å². The van der Waals surface area contributed by atoms with E-state index >= 15 is 0 Å². The molecule has 7 heteroatoms. The van der Waals surface area contributed by atoms with Gasteiger partial charge in [-0.15, -0.1) is 11.8 Å². The van der Waals surface area contributed by atoms with Crippen molar-refractivity contribution in [2.45, 2.75) is 29.6 Å². The largest absolute Gasteiger partial charge is 0.452 e. The Morgan fingerprint density at radius 2 is 1.85 bits per heavy atom. The van der Waals surface area contributed by atoms with E-state index in [0.717, 1.165) is 10.6 Å². The zero-order chi connectivity index (χ0) is 18.5. The Morgan fingerprint density at radius 1 is 1.15 bits per heavy atom. The highest BCUT2D eigenvalue weighted by Crippen LogP contribution is 2.36. The molecule has 0 saturated heterocycles. The fourth-order valence-electron chi connectivity index (χ4n) is 2.44. The quantitative estimate of drug-likeness (QED) is 0.790. The Kier molecular flexibility index (Phi) is 5.58. The highest BCUT2D eigenvalue weighted by Gasteiger charge is 2.30. The van der Waals surface area contributed by atoms with Crippen molar-refractivity contribution < 1.29 is 19.1 Å². The first kappa shape index (κ1) is 18.0. The third-order valence-corrected chi connectivity index (χ3v) is 5.05. The van der Waals surface area contributed by atoms with Crippen LogP contribution in [0.1, 0.15) is 13.3 Å². The minimum absolute atomic E-state index is 0.103. The third kappa shape index (κ3) is 4.43. The summed E-state index contributed by atoms with van der Waals surface area (Å²) >= 11 is 1.32. The second kappa shape index (κ2) is 8.05. The standard InChI is InChI=1S/C19H18N2O4S/c1-12(18(23)20-13-7-3-2-4-8-13)25-17(22)11-16-19(24)21-14-9-5-6-10-15(14)26-16/h2-10,12,16H,11H2,1H3,(H,20,23)(H,21,24)/t12-,16+/m0/s1. The number of thioether (sulfide) groups is 1. The predicted molar refractivity (Wildman–Crippen MR) is 100.0 cm³/mol. The Morgan fingerprint density at radius 3 is 2.62 bits per heavy atom. The van der Waals surface area contributed by atoms with Crippen LogP contribution in [0.15, 0.2) is 59.5 Å². The van der Waals surface area contributed by atoms with E-state index in [1.807, 2.05) is 30.3 Å². The number of amides is 2. The molecule has 0 saturated carbocycles. The van der Waals surface area contributed by atoms with Gasteiger partial charge >= 0.3 is 5.97 Å². The number of hydrogen-bond donors (Lipinski definition) is 2. The number of carbonyl (C=O) groups excluding carboxylic acids is 3. The maximum Gasteiger partial charge on any atom is 0.308 e. The second-order valence-electron chi connectivity index (χ2n) is 5.78. The van der Waals surface area contributed by atoms with Gasteiger partial charge in [0.15, 0.2) is 6.10 Å². The summed E-state index contributed by atoms with van der Waals surface area (Å²) in [5, 5.41) is 4.87. The summed E-state index contributed by atoms with van der Waals surface area (Å²) in [5.41, 5.74) is 1.36. The molecule has 1 aliphatic heterocycles. The Bertz CT molecular complexity index is 825. The minimum Gasteiger partial charge on any atom is -0.452 e. The summed E-state index contributed by atoms with van der Waals surface area (Å²) in [6, 6.07) is 16.3. The molecule has 26 heavy (non-hydrogen) atoms. The van der Waals surface area contributed by atoms with Crippen molar-refractivity contribution in [1.29, 1.82) is 0 Å². The SMILES string of the molecule is C[C@H](OC(=O)C[C@H]1Sc2ccccc2NC1=O)C(=O)Nc1ccccc1. The average molecular weight is 370 g/mol. The number of esters is 1. The van der Waals surface area contributed by atoms with E-state index in [1.54, 1.807) is 24.3 Å². The lowest BCUT2D eigenvalue weighted by Crippen LogP contribution is -2.34. The number of carbonyl (C=O) groups is 3. The van der Waals surface area contributed by atoms with Crippen LogP contribution in [0.3, 0.4) is 0 Å². The lowest BCUT2D eigenvalue weighted by Gasteiger charge is -2.23. The minimum atomic E-state index is -0.952.